The number of aromatic nitrogens is 4. The van der Waals surface area contributed by atoms with Gasteiger partial charge in [-0.15, -0.1) is 10.2 Å². The maximum atomic E-state index is 12.0. The van der Waals surface area contributed by atoms with Crippen LogP contribution in [0.25, 0.3) is 10.9 Å². The molecule has 0 radical (unpaired) electrons. The molecule has 0 atom stereocenters. The van der Waals surface area contributed by atoms with Crippen LogP contribution in [-0.2, 0) is 35.5 Å². The van der Waals surface area contributed by atoms with Crippen molar-refractivity contribution in [2.45, 2.75) is 32.4 Å². The van der Waals surface area contributed by atoms with Gasteiger partial charge in [-0.05, 0) is 30.2 Å². The summed E-state index contributed by atoms with van der Waals surface area (Å²) in [5.41, 5.74) is 1.84. The fourth-order valence-electron chi connectivity index (χ4n) is 2.92. The molecule has 6 heteroatoms. The van der Waals surface area contributed by atoms with E-state index in [1.54, 1.807) is 6.20 Å². The molecule has 0 saturated heterocycles. The number of carbonyl (C=O) groups is 1. The zero-order chi connectivity index (χ0) is 15.6. The predicted molar refractivity (Wildman–Crippen MR) is 83.6 cm³/mol. The van der Waals surface area contributed by atoms with Crippen molar-refractivity contribution in [1.29, 1.82) is 0 Å². The first-order chi connectivity index (χ1) is 11.3. The monoisotopic (exact) mass is 308 g/mol. The molecule has 0 N–H and O–H groups in total. The summed E-state index contributed by atoms with van der Waals surface area (Å²) in [4.78, 5) is 16.3. The lowest BCUT2D eigenvalue weighted by atomic mass is 10.1. The Bertz CT molecular complexity index is 872. The standard InChI is InChI=1S/C17H16N4O2/c22-17(23-11-16-20-19-15-4-2-8-21(15)16)10-12-5-6-14-13(9-12)3-1-7-18-14/h1,3,5-7,9H,2,4,8,10-11H2. The highest BCUT2D eigenvalue weighted by atomic mass is 16.5. The second kappa shape index (κ2) is 5.79. The van der Waals surface area contributed by atoms with Gasteiger partial charge in [0.2, 0.25) is 0 Å². The topological polar surface area (TPSA) is 69.9 Å². The van der Waals surface area contributed by atoms with Gasteiger partial charge in [0.25, 0.3) is 0 Å². The molecular formula is C17H16N4O2. The summed E-state index contributed by atoms with van der Waals surface area (Å²) >= 11 is 0. The minimum atomic E-state index is -0.261. The normalized spacial score (nSPS) is 13.2. The molecule has 0 amide bonds. The van der Waals surface area contributed by atoms with Gasteiger partial charge in [-0.2, -0.15) is 0 Å². The van der Waals surface area contributed by atoms with Crippen molar-refractivity contribution in [3.63, 3.8) is 0 Å². The lowest BCUT2D eigenvalue weighted by Gasteiger charge is -2.06. The first-order valence-electron chi connectivity index (χ1n) is 7.70. The van der Waals surface area contributed by atoms with Crippen molar-refractivity contribution in [3.05, 3.63) is 53.7 Å². The Morgan fingerprint density at radius 3 is 3.17 bits per heavy atom. The molecule has 0 aliphatic carbocycles. The molecule has 3 heterocycles. The maximum absolute atomic E-state index is 12.0. The molecule has 4 rings (SSSR count). The van der Waals surface area contributed by atoms with Gasteiger partial charge in [-0.25, -0.2) is 0 Å². The van der Waals surface area contributed by atoms with Crippen LogP contribution in [-0.4, -0.2) is 25.7 Å². The molecule has 1 aliphatic rings. The number of benzene rings is 1. The van der Waals surface area contributed by atoms with Gasteiger partial charge in [0.1, 0.15) is 5.82 Å². The minimum absolute atomic E-state index is 0.182. The van der Waals surface area contributed by atoms with E-state index in [1.165, 1.54) is 0 Å². The summed E-state index contributed by atoms with van der Waals surface area (Å²) in [6, 6.07) is 9.67. The van der Waals surface area contributed by atoms with E-state index in [1.807, 2.05) is 34.9 Å². The van der Waals surface area contributed by atoms with Crippen LogP contribution in [0.1, 0.15) is 23.6 Å². The third kappa shape index (κ3) is 2.79. The zero-order valence-corrected chi connectivity index (χ0v) is 12.6. The van der Waals surface area contributed by atoms with E-state index in [0.717, 1.165) is 47.5 Å². The number of carbonyl (C=O) groups excluding carboxylic acids is 1. The lowest BCUT2D eigenvalue weighted by molar-refractivity contribution is -0.144. The molecule has 0 fully saturated rings. The number of aryl methyl sites for hydroxylation is 1. The molecule has 23 heavy (non-hydrogen) atoms. The molecule has 1 aliphatic heterocycles. The van der Waals surface area contributed by atoms with Crippen molar-refractivity contribution in [2.75, 3.05) is 0 Å². The molecule has 0 bridgehead atoms. The van der Waals surface area contributed by atoms with Crippen LogP contribution < -0.4 is 0 Å². The van der Waals surface area contributed by atoms with Crippen LogP contribution in [0.5, 0.6) is 0 Å². The summed E-state index contributed by atoms with van der Waals surface area (Å²) in [5, 5.41) is 9.21. The van der Waals surface area contributed by atoms with Crippen molar-refractivity contribution in [2.24, 2.45) is 0 Å². The van der Waals surface area contributed by atoms with E-state index in [0.29, 0.717) is 0 Å². The largest absolute Gasteiger partial charge is 0.457 e. The van der Waals surface area contributed by atoms with E-state index < -0.39 is 0 Å². The van der Waals surface area contributed by atoms with Gasteiger partial charge in [0, 0.05) is 24.5 Å². The summed E-state index contributed by atoms with van der Waals surface area (Å²) in [6.45, 7) is 1.09. The van der Waals surface area contributed by atoms with Crippen molar-refractivity contribution < 1.29 is 9.53 Å². The highest BCUT2D eigenvalue weighted by Crippen LogP contribution is 2.16. The number of nitrogens with zero attached hydrogens (tertiary/aromatic N) is 4. The second-order valence-electron chi connectivity index (χ2n) is 5.66. The Morgan fingerprint density at radius 2 is 2.22 bits per heavy atom. The summed E-state index contributed by atoms with van der Waals surface area (Å²) in [5.74, 6) is 1.45. The quantitative estimate of drug-likeness (QED) is 0.690. The van der Waals surface area contributed by atoms with Crippen molar-refractivity contribution in [1.82, 2.24) is 19.7 Å². The molecular weight excluding hydrogens is 292 g/mol. The fraction of sp³-hybridized carbons (Fsp3) is 0.294. The molecule has 0 unspecified atom stereocenters. The van der Waals surface area contributed by atoms with E-state index in [-0.39, 0.29) is 19.0 Å². The number of fused-ring (bicyclic) bond motifs is 2. The number of esters is 1. The van der Waals surface area contributed by atoms with Gasteiger partial charge in [-0.3, -0.25) is 9.78 Å². The van der Waals surface area contributed by atoms with Crippen LogP contribution in [0.4, 0.5) is 0 Å². The molecule has 1 aromatic carbocycles. The van der Waals surface area contributed by atoms with Crippen LogP contribution in [0.2, 0.25) is 0 Å². The first-order valence-corrected chi connectivity index (χ1v) is 7.70. The Balaban J connectivity index is 1.40. The van der Waals surface area contributed by atoms with Gasteiger partial charge in [-0.1, -0.05) is 12.1 Å². The average molecular weight is 308 g/mol. The van der Waals surface area contributed by atoms with E-state index in [9.17, 15) is 4.79 Å². The smallest absolute Gasteiger partial charge is 0.310 e. The predicted octanol–water partition coefficient (Wildman–Crippen LogP) is 2.06. The SMILES string of the molecule is O=C(Cc1ccc2ncccc2c1)OCc1nnc2n1CCC2. The lowest BCUT2D eigenvalue weighted by Crippen LogP contribution is -2.11. The van der Waals surface area contributed by atoms with Crippen LogP contribution in [0.15, 0.2) is 36.5 Å². The highest BCUT2D eigenvalue weighted by Gasteiger charge is 2.18. The number of rotatable bonds is 4. The second-order valence-corrected chi connectivity index (χ2v) is 5.66. The highest BCUT2D eigenvalue weighted by molar-refractivity contribution is 5.81. The van der Waals surface area contributed by atoms with Gasteiger partial charge in [0.05, 0.1) is 11.9 Å². The molecule has 6 nitrogen and oxygen atoms in total. The van der Waals surface area contributed by atoms with E-state index in [2.05, 4.69) is 15.2 Å². The van der Waals surface area contributed by atoms with Crippen LogP contribution in [0, 0.1) is 0 Å². The third-order valence-corrected chi connectivity index (χ3v) is 4.06. The Morgan fingerprint density at radius 1 is 1.26 bits per heavy atom. The number of ether oxygens (including phenoxy) is 1. The minimum Gasteiger partial charge on any atom is -0.457 e. The molecule has 116 valence electrons. The van der Waals surface area contributed by atoms with Gasteiger partial charge < -0.3 is 9.30 Å². The summed E-state index contributed by atoms with van der Waals surface area (Å²) in [7, 11) is 0. The summed E-state index contributed by atoms with van der Waals surface area (Å²) in [6.07, 6.45) is 4.03. The van der Waals surface area contributed by atoms with Crippen molar-refractivity contribution in [3.8, 4) is 0 Å². The third-order valence-electron chi connectivity index (χ3n) is 4.06. The first kappa shape index (κ1) is 13.9. The zero-order valence-electron chi connectivity index (χ0n) is 12.6. The average Bonchev–Trinajstić information content (AvgIpc) is 3.16. The molecule has 0 spiro atoms. The molecule has 2 aromatic heterocycles. The van der Waals surface area contributed by atoms with Gasteiger partial charge in [0.15, 0.2) is 12.4 Å². The summed E-state index contributed by atoms with van der Waals surface area (Å²) < 4.78 is 7.39. The van der Waals surface area contributed by atoms with Crippen molar-refractivity contribution >= 4 is 16.9 Å². The fourth-order valence-corrected chi connectivity index (χ4v) is 2.92. The number of pyridine rings is 1. The Hall–Kier alpha value is -2.76. The van der Waals surface area contributed by atoms with E-state index >= 15 is 0 Å². The number of hydrogen-bond acceptors (Lipinski definition) is 5. The van der Waals surface area contributed by atoms with Gasteiger partial charge >= 0.3 is 5.97 Å². The number of hydrogen-bond donors (Lipinski definition) is 0. The van der Waals surface area contributed by atoms with Crippen LogP contribution >= 0.6 is 0 Å². The molecule has 3 aromatic rings. The van der Waals surface area contributed by atoms with Crippen LogP contribution in [0.3, 0.4) is 0 Å². The van der Waals surface area contributed by atoms with E-state index in [4.69, 9.17) is 4.74 Å². The Kier molecular flexibility index (Phi) is 3.49. The maximum Gasteiger partial charge on any atom is 0.310 e. The Labute approximate surface area is 133 Å². The molecule has 0 saturated carbocycles.